The number of esters is 1. The fraction of sp³-hybridized carbons (Fsp3) is 0.120. The fourth-order valence-corrected chi connectivity index (χ4v) is 3.61. The first-order chi connectivity index (χ1) is 14.6. The van der Waals surface area contributed by atoms with Gasteiger partial charge in [0, 0.05) is 29.2 Å². The van der Waals surface area contributed by atoms with Crippen LogP contribution in [-0.2, 0) is 11.3 Å². The van der Waals surface area contributed by atoms with Gasteiger partial charge in [-0.2, -0.15) is 0 Å². The Bertz CT molecular complexity index is 1220. The molecule has 2 N–H and O–H groups in total. The lowest BCUT2D eigenvalue weighted by atomic mass is 9.98. The van der Waals surface area contributed by atoms with Gasteiger partial charge in [0.05, 0.1) is 12.2 Å². The summed E-state index contributed by atoms with van der Waals surface area (Å²) >= 11 is 0. The average Bonchev–Trinajstić information content (AvgIpc) is 3.16. The van der Waals surface area contributed by atoms with Crippen LogP contribution in [0.2, 0.25) is 0 Å². The topological polar surface area (TPSA) is 74.3 Å². The largest absolute Gasteiger partial charge is 0.462 e. The molecule has 5 heteroatoms. The second-order valence-corrected chi connectivity index (χ2v) is 7.04. The van der Waals surface area contributed by atoms with E-state index in [9.17, 15) is 9.59 Å². The molecule has 1 heterocycles. The van der Waals surface area contributed by atoms with Crippen LogP contribution in [0.3, 0.4) is 0 Å². The van der Waals surface area contributed by atoms with Crippen molar-refractivity contribution in [1.82, 2.24) is 4.57 Å². The van der Waals surface area contributed by atoms with E-state index in [1.54, 1.807) is 25.1 Å². The number of hydrogen-bond acceptors (Lipinski definition) is 3. The summed E-state index contributed by atoms with van der Waals surface area (Å²) in [7, 11) is 0. The van der Waals surface area contributed by atoms with Gasteiger partial charge in [-0.3, -0.25) is 4.79 Å². The molecule has 3 aromatic carbocycles. The number of primary amides is 1. The highest BCUT2D eigenvalue weighted by Gasteiger charge is 2.11. The summed E-state index contributed by atoms with van der Waals surface area (Å²) in [6, 6.07) is 23.1. The molecule has 0 spiro atoms. The number of amides is 1. The van der Waals surface area contributed by atoms with Crippen LogP contribution in [0.4, 0.5) is 0 Å². The molecule has 0 radical (unpaired) electrons. The van der Waals surface area contributed by atoms with Crippen molar-refractivity contribution in [2.75, 3.05) is 6.61 Å². The molecule has 5 nitrogen and oxygen atoms in total. The zero-order chi connectivity index (χ0) is 21.1. The smallest absolute Gasteiger partial charge is 0.338 e. The van der Waals surface area contributed by atoms with Crippen molar-refractivity contribution in [2.24, 2.45) is 5.73 Å². The number of carbonyl (C=O) groups excluding carboxylic acids is 2. The van der Waals surface area contributed by atoms with Crippen molar-refractivity contribution < 1.29 is 14.3 Å². The number of nitrogens with two attached hydrogens (primary N) is 1. The number of hydrogen-bond donors (Lipinski definition) is 1. The Morgan fingerprint density at radius 2 is 1.67 bits per heavy atom. The Labute approximate surface area is 174 Å². The molecule has 0 aliphatic heterocycles. The number of aromatic nitrogens is 1. The average molecular weight is 398 g/mol. The molecule has 0 bridgehead atoms. The van der Waals surface area contributed by atoms with Crippen LogP contribution in [0.25, 0.3) is 22.0 Å². The van der Waals surface area contributed by atoms with Crippen molar-refractivity contribution in [3.63, 3.8) is 0 Å². The third-order valence-electron chi connectivity index (χ3n) is 5.12. The first kappa shape index (κ1) is 19.5. The van der Waals surface area contributed by atoms with Crippen LogP contribution in [-0.4, -0.2) is 23.1 Å². The van der Waals surface area contributed by atoms with E-state index in [1.807, 2.05) is 48.7 Å². The number of fused-ring (bicyclic) bond motifs is 1. The highest BCUT2D eigenvalue weighted by Crippen LogP contribution is 2.27. The van der Waals surface area contributed by atoms with E-state index in [0.29, 0.717) is 24.3 Å². The van der Waals surface area contributed by atoms with E-state index in [0.717, 1.165) is 27.6 Å². The standard InChI is InChI=1S/C25H22N2O3/c1-2-30-25(29)18-9-7-17(8-10-18)22-6-4-3-5-21(22)16-27-14-13-19-15-20(24(26)28)11-12-23(19)27/h3-15H,2,16H2,1H3,(H2,26,28). The van der Waals surface area contributed by atoms with Gasteiger partial charge in [-0.15, -0.1) is 0 Å². The maximum atomic E-state index is 11.9. The number of nitrogens with zero attached hydrogens (tertiary/aromatic N) is 1. The van der Waals surface area contributed by atoms with Gasteiger partial charge in [0.15, 0.2) is 0 Å². The third-order valence-corrected chi connectivity index (χ3v) is 5.12. The van der Waals surface area contributed by atoms with Gasteiger partial charge in [-0.25, -0.2) is 4.79 Å². The zero-order valence-electron chi connectivity index (χ0n) is 16.7. The van der Waals surface area contributed by atoms with Gasteiger partial charge in [0.2, 0.25) is 5.91 Å². The van der Waals surface area contributed by atoms with Crippen LogP contribution >= 0.6 is 0 Å². The van der Waals surface area contributed by atoms with Crippen LogP contribution in [0.1, 0.15) is 33.2 Å². The van der Waals surface area contributed by atoms with Gasteiger partial charge in [0.1, 0.15) is 0 Å². The second-order valence-electron chi connectivity index (χ2n) is 7.04. The molecule has 0 unspecified atom stereocenters. The van der Waals surface area contributed by atoms with E-state index in [1.165, 1.54) is 0 Å². The summed E-state index contributed by atoms with van der Waals surface area (Å²) in [5.74, 6) is -0.743. The minimum absolute atomic E-state index is 0.313. The van der Waals surface area contributed by atoms with E-state index < -0.39 is 5.91 Å². The SMILES string of the molecule is CCOC(=O)c1ccc(-c2ccccc2Cn2ccc3cc(C(N)=O)ccc32)cc1. The van der Waals surface area contributed by atoms with Crippen LogP contribution < -0.4 is 5.73 Å². The maximum absolute atomic E-state index is 11.9. The Kier molecular flexibility index (Phi) is 5.35. The van der Waals surface area contributed by atoms with Crippen molar-refractivity contribution in [1.29, 1.82) is 0 Å². The predicted molar refractivity (Wildman–Crippen MR) is 117 cm³/mol. The van der Waals surface area contributed by atoms with Crippen molar-refractivity contribution in [3.8, 4) is 11.1 Å². The van der Waals surface area contributed by atoms with Gasteiger partial charge in [-0.05, 0) is 60.0 Å². The molecule has 0 aliphatic rings. The lowest BCUT2D eigenvalue weighted by Crippen LogP contribution is -2.10. The third kappa shape index (κ3) is 3.82. The van der Waals surface area contributed by atoms with Crippen LogP contribution in [0.5, 0.6) is 0 Å². The van der Waals surface area contributed by atoms with E-state index in [-0.39, 0.29) is 5.97 Å². The maximum Gasteiger partial charge on any atom is 0.338 e. The molecule has 4 rings (SSSR count). The summed E-state index contributed by atoms with van der Waals surface area (Å²) in [4.78, 5) is 23.3. The Balaban J connectivity index is 1.65. The summed E-state index contributed by atoms with van der Waals surface area (Å²) in [6.07, 6.45) is 2.01. The monoisotopic (exact) mass is 398 g/mol. The minimum Gasteiger partial charge on any atom is -0.462 e. The van der Waals surface area contributed by atoms with Gasteiger partial charge >= 0.3 is 5.97 Å². The molecule has 4 aromatic rings. The molecule has 30 heavy (non-hydrogen) atoms. The number of benzene rings is 3. The van der Waals surface area contributed by atoms with Crippen molar-refractivity contribution in [3.05, 3.63) is 95.7 Å². The summed E-state index contributed by atoms with van der Waals surface area (Å²) in [5.41, 5.74) is 10.8. The zero-order valence-corrected chi connectivity index (χ0v) is 16.7. The Hall–Kier alpha value is -3.86. The lowest BCUT2D eigenvalue weighted by molar-refractivity contribution is 0.0526. The van der Waals surface area contributed by atoms with E-state index in [2.05, 4.69) is 16.7 Å². The Morgan fingerprint density at radius 3 is 2.40 bits per heavy atom. The fourth-order valence-electron chi connectivity index (χ4n) is 3.61. The molecule has 0 fully saturated rings. The number of ether oxygens (including phenoxy) is 1. The molecule has 0 saturated carbocycles. The lowest BCUT2D eigenvalue weighted by Gasteiger charge is -2.12. The number of rotatable bonds is 6. The molecule has 150 valence electrons. The van der Waals surface area contributed by atoms with Crippen LogP contribution in [0.15, 0.2) is 79.0 Å². The summed E-state index contributed by atoms with van der Waals surface area (Å²) in [5, 5.41) is 0.975. The van der Waals surface area contributed by atoms with E-state index >= 15 is 0 Å². The normalized spacial score (nSPS) is 10.8. The summed E-state index contributed by atoms with van der Waals surface area (Å²) in [6.45, 7) is 2.83. The Morgan fingerprint density at radius 1 is 0.933 bits per heavy atom. The van der Waals surface area contributed by atoms with E-state index in [4.69, 9.17) is 10.5 Å². The van der Waals surface area contributed by atoms with Crippen molar-refractivity contribution >= 4 is 22.8 Å². The molecular formula is C25H22N2O3. The minimum atomic E-state index is -0.429. The second kappa shape index (κ2) is 8.25. The molecule has 1 aromatic heterocycles. The summed E-state index contributed by atoms with van der Waals surface area (Å²) < 4.78 is 7.20. The van der Waals surface area contributed by atoms with Crippen LogP contribution in [0, 0.1) is 0 Å². The molecule has 0 saturated heterocycles. The highest BCUT2D eigenvalue weighted by atomic mass is 16.5. The molecule has 0 atom stereocenters. The quantitative estimate of drug-likeness (QED) is 0.481. The molecule has 1 amide bonds. The molecular weight excluding hydrogens is 376 g/mol. The van der Waals surface area contributed by atoms with Gasteiger partial charge in [-0.1, -0.05) is 36.4 Å². The highest BCUT2D eigenvalue weighted by molar-refractivity contribution is 5.97. The first-order valence-corrected chi connectivity index (χ1v) is 9.81. The number of carbonyl (C=O) groups is 2. The van der Waals surface area contributed by atoms with Gasteiger partial charge < -0.3 is 15.0 Å². The van der Waals surface area contributed by atoms with Gasteiger partial charge in [0.25, 0.3) is 0 Å². The van der Waals surface area contributed by atoms with Crippen molar-refractivity contribution in [2.45, 2.75) is 13.5 Å². The molecule has 0 aliphatic carbocycles. The first-order valence-electron chi connectivity index (χ1n) is 9.81. The predicted octanol–water partition coefficient (Wildman–Crippen LogP) is 4.63.